The van der Waals surface area contributed by atoms with E-state index in [9.17, 15) is 13.5 Å². The maximum Gasteiger partial charge on any atom is 0.263 e. The Balaban J connectivity index is 1.60. The highest BCUT2D eigenvalue weighted by Gasteiger charge is 2.25. The summed E-state index contributed by atoms with van der Waals surface area (Å²) in [6.45, 7) is 8.21. The molecule has 1 aromatic carbocycles. The van der Waals surface area contributed by atoms with Gasteiger partial charge in [0.15, 0.2) is 5.13 Å². The van der Waals surface area contributed by atoms with E-state index in [1.54, 1.807) is 11.4 Å². The molecule has 0 spiro atoms. The second-order valence-electron chi connectivity index (χ2n) is 7.75. The van der Waals surface area contributed by atoms with Crippen LogP contribution in [0.3, 0.4) is 0 Å². The van der Waals surface area contributed by atoms with Crippen molar-refractivity contribution in [3.05, 3.63) is 34.3 Å². The number of hydrogen-bond donors (Lipinski definition) is 2. The zero-order valence-corrected chi connectivity index (χ0v) is 20.7. The van der Waals surface area contributed by atoms with E-state index >= 15 is 0 Å². The second-order valence-corrected chi connectivity index (χ2v) is 10.7. The molecule has 2 N–H and O–H groups in total. The van der Waals surface area contributed by atoms with Gasteiger partial charge in [-0.25, -0.2) is 13.4 Å². The van der Waals surface area contributed by atoms with E-state index in [4.69, 9.17) is 21.1 Å². The average Bonchev–Trinajstić information content (AvgIpc) is 3.21. The van der Waals surface area contributed by atoms with Crippen LogP contribution in [0, 0.1) is 0 Å². The third kappa shape index (κ3) is 6.79. The van der Waals surface area contributed by atoms with Crippen LogP contribution in [0.2, 0.25) is 5.02 Å². The van der Waals surface area contributed by atoms with Crippen molar-refractivity contribution in [3.8, 4) is 5.75 Å². The highest BCUT2D eigenvalue weighted by molar-refractivity contribution is 7.93. The molecule has 0 amide bonds. The van der Waals surface area contributed by atoms with Crippen molar-refractivity contribution >= 4 is 38.1 Å². The number of anilines is 1. The molecule has 1 aliphatic rings. The zero-order chi connectivity index (χ0) is 23.2. The Bertz CT molecular complexity index is 989. The summed E-state index contributed by atoms with van der Waals surface area (Å²) in [6.07, 6.45) is 1.57. The molecule has 1 aliphatic heterocycles. The van der Waals surface area contributed by atoms with E-state index in [1.807, 2.05) is 13.8 Å². The van der Waals surface area contributed by atoms with Crippen LogP contribution in [-0.4, -0.2) is 68.5 Å². The van der Waals surface area contributed by atoms with Crippen LogP contribution in [0.25, 0.3) is 0 Å². The van der Waals surface area contributed by atoms with Crippen LogP contribution < -0.4 is 9.46 Å². The van der Waals surface area contributed by atoms with E-state index in [-0.39, 0.29) is 15.0 Å². The summed E-state index contributed by atoms with van der Waals surface area (Å²) >= 11 is 7.46. The van der Waals surface area contributed by atoms with E-state index in [0.717, 1.165) is 32.8 Å². The summed E-state index contributed by atoms with van der Waals surface area (Å²) < 4.78 is 39.1. The molecule has 2 aromatic rings. The number of hydrogen-bond acceptors (Lipinski definition) is 8. The molecule has 1 aromatic heterocycles. The largest absolute Gasteiger partial charge is 0.491 e. The van der Waals surface area contributed by atoms with Crippen molar-refractivity contribution in [1.29, 1.82) is 0 Å². The molecule has 32 heavy (non-hydrogen) atoms. The summed E-state index contributed by atoms with van der Waals surface area (Å²) in [4.78, 5) is 6.59. The number of thiazole rings is 1. The molecule has 178 valence electrons. The van der Waals surface area contributed by atoms with Gasteiger partial charge in [-0.05, 0) is 31.0 Å². The van der Waals surface area contributed by atoms with Gasteiger partial charge in [-0.3, -0.25) is 9.62 Å². The van der Waals surface area contributed by atoms with Crippen molar-refractivity contribution in [3.63, 3.8) is 0 Å². The molecule has 0 radical (unpaired) electrons. The van der Waals surface area contributed by atoms with Gasteiger partial charge >= 0.3 is 0 Å². The lowest BCUT2D eigenvalue weighted by atomic mass is 9.92. The molecule has 2 heterocycles. The van der Waals surface area contributed by atoms with E-state index in [1.165, 1.54) is 23.5 Å². The average molecular weight is 504 g/mol. The number of aliphatic hydroxyl groups is 1. The zero-order valence-electron chi connectivity index (χ0n) is 18.3. The number of ether oxygens (including phenoxy) is 2. The minimum absolute atomic E-state index is 0.0263. The second kappa shape index (κ2) is 11.1. The van der Waals surface area contributed by atoms with Gasteiger partial charge in [0.05, 0.1) is 34.4 Å². The van der Waals surface area contributed by atoms with Gasteiger partial charge in [0.2, 0.25) is 0 Å². The third-order valence-corrected chi connectivity index (χ3v) is 8.15. The summed E-state index contributed by atoms with van der Waals surface area (Å²) in [7, 11) is -3.86. The monoisotopic (exact) mass is 503 g/mol. The molecule has 0 aliphatic carbocycles. The SMILES string of the molecule is CCC(O)(CC)Cc1csc(NS(=O)(=O)c2ccc(OCCN3CCOCC3)c(Cl)c2)n1. The van der Waals surface area contributed by atoms with Crippen LogP contribution in [0.15, 0.2) is 28.5 Å². The van der Waals surface area contributed by atoms with Crippen molar-refractivity contribution < 1.29 is 23.0 Å². The number of morpholine rings is 1. The first-order valence-electron chi connectivity index (χ1n) is 10.7. The van der Waals surface area contributed by atoms with Crippen molar-refractivity contribution in [1.82, 2.24) is 9.88 Å². The van der Waals surface area contributed by atoms with Crippen LogP contribution in [0.5, 0.6) is 5.75 Å². The fourth-order valence-electron chi connectivity index (χ4n) is 3.32. The van der Waals surface area contributed by atoms with Crippen LogP contribution in [-0.2, 0) is 21.2 Å². The molecule has 8 nitrogen and oxygen atoms in total. The summed E-state index contributed by atoms with van der Waals surface area (Å²) in [5, 5.41) is 12.7. The minimum atomic E-state index is -3.86. The first-order chi connectivity index (χ1) is 15.2. The highest BCUT2D eigenvalue weighted by Crippen LogP contribution is 2.29. The van der Waals surface area contributed by atoms with Gasteiger partial charge in [-0.15, -0.1) is 11.3 Å². The number of benzene rings is 1. The molecular weight excluding hydrogens is 474 g/mol. The smallest absolute Gasteiger partial charge is 0.263 e. The van der Waals surface area contributed by atoms with Gasteiger partial charge in [0.25, 0.3) is 10.0 Å². The maximum atomic E-state index is 12.8. The lowest BCUT2D eigenvalue weighted by Crippen LogP contribution is -2.38. The Morgan fingerprint density at radius 1 is 1.31 bits per heavy atom. The topological polar surface area (TPSA) is 101 Å². The van der Waals surface area contributed by atoms with E-state index in [0.29, 0.717) is 37.3 Å². The van der Waals surface area contributed by atoms with E-state index < -0.39 is 15.6 Å². The summed E-state index contributed by atoms with van der Waals surface area (Å²) in [5.74, 6) is 0.439. The normalized spacial score (nSPS) is 15.6. The van der Waals surface area contributed by atoms with Gasteiger partial charge in [0.1, 0.15) is 12.4 Å². The Hall–Kier alpha value is -1.43. The minimum Gasteiger partial charge on any atom is -0.491 e. The number of sulfonamides is 1. The molecule has 11 heteroatoms. The highest BCUT2D eigenvalue weighted by atomic mass is 35.5. The molecule has 1 saturated heterocycles. The van der Waals surface area contributed by atoms with Crippen LogP contribution >= 0.6 is 22.9 Å². The van der Waals surface area contributed by atoms with Crippen molar-refractivity contribution in [2.45, 2.75) is 43.6 Å². The maximum absolute atomic E-state index is 12.8. The number of nitrogens with zero attached hydrogens (tertiary/aromatic N) is 2. The van der Waals surface area contributed by atoms with Crippen molar-refractivity contribution in [2.24, 2.45) is 0 Å². The molecule has 1 fully saturated rings. The van der Waals surface area contributed by atoms with Crippen LogP contribution in [0.4, 0.5) is 5.13 Å². The molecular formula is C21H30ClN3O5S2. The Morgan fingerprint density at radius 2 is 2.03 bits per heavy atom. The molecule has 0 bridgehead atoms. The third-order valence-electron chi connectivity index (χ3n) is 5.58. The van der Waals surface area contributed by atoms with Crippen LogP contribution in [0.1, 0.15) is 32.4 Å². The summed E-state index contributed by atoms with van der Waals surface area (Å²) in [6, 6.07) is 4.39. The predicted octanol–water partition coefficient (Wildman–Crippen LogP) is 3.40. The lowest BCUT2D eigenvalue weighted by molar-refractivity contribution is 0.0318. The lowest BCUT2D eigenvalue weighted by Gasteiger charge is -2.26. The number of aromatic nitrogens is 1. The molecule has 0 unspecified atom stereocenters. The number of nitrogens with one attached hydrogen (secondary N) is 1. The van der Waals surface area contributed by atoms with Gasteiger partial charge in [-0.2, -0.15) is 0 Å². The molecule has 3 rings (SSSR count). The standard InChI is InChI=1S/C21H30ClN3O5S2/c1-3-21(26,4-2)14-16-15-31-20(23-16)24-32(27,28)17-5-6-19(18(22)13-17)30-12-9-25-7-10-29-11-8-25/h5-6,13,15,26H,3-4,7-12,14H2,1-2H3,(H,23,24). The molecule has 0 atom stereocenters. The fraction of sp³-hybridized carbons (Fsp3) is 0.571. The van der Waals surface area contributed by atoms with Crippen molar-refractivity contribution in [2.75, 3.05) is 44.2 Å². The molecule has 0 saturated carbocycles. The van der Waals surface area contributed by atoms with E-state index in [2.05, 4.69) is 14.6 Å². The Labute approximate surface area is 198 Å². The summed E-state index contributed by atoms with van der Waals surface area (Å²) in [5.41, 5.74) is -0.184. The van der Waals surface area contributed by atoms with Gasteiger partial charge in [-0.1, -0.05) is 25.4 Å². The van der Waals surface area contributed by atoms with Gasteiger partial charge in [0, 0.05) is 31.4 Å². The fourth-order valence-corrected chi connectivity index (χ4v) is 5.61. The first-order valence-corrected chi connectivity index (χ1v) is 13.4. The number of halogens is 1. The predicted molar refractivity (Wildman–Crippen MR) is 126 cm³/mol. The number of rotatable bonds is 11. The Kier molecular flexibility index (Phi) is 8.76. The quantitative estimate of drug-likeness (QED) is 0.484. The first kappa shape index (κ1) is 25.2. The Morgan fingerprint density at radius 3 is 2.69 bits per heavy atom. The van der Waals surface area contributed by atoms with Gasteiger partial charge < -0.3 is 14.6 Å².